The van der Waals surface area contributed by atoms with Gasteiger partial charge in [0.25, 0.3) is 0 Å². The van der Waals surface area contributed by atoms with Crippen molar-refractivity contribution in [3.63, 3.8) is 0 Å². The summed E-state index contributed by atoms with van der Waals surface area (Å²) in [6.45, 7) is 6.80. The molecule has 1 amide bonds. The normalized spacial score (nSPS) is 24.4. The second kappa shape index (κ2) is 7.25. The first-order valence-corrected chi connectivity index (χ1v) is 9.51. The Balaban J connectivity index is 1.88. The first kappa shape index (κ1) is 17.7. The van der Waals surface area contributed by atoms with E-state index in [0.717, 1.165) is 19.4 Å². The van der Waals surface area contributed by atoms with Crippen molar-refractivity contribution in [1.29, 1.82) is 0 Å². The van der Waals surface area contributed by atoms with Crippen LogP contribution in [0.15, 0.2) is 0 Å². The average molecular weight is 333 g/mol. The molecular formula is C14H27N3O4S. The molecule has 0 aromatic rings. The molecular weight excluding hydrogens is 306 g/mol. The predicted octanol–water partition coefficient (Wildman–Crippen LogP) is -0.457. The summed E-state index contributed by atoms with van der Waals surface area (Å²) in [6, 6.07) is 0. The van der Waals surface area contributed by atoms with Gasteiger partial charge in [-0.25, -0.2) is 8.42 Å². The highest BCUT2D eigenvalue weighted by molar-refractivity contribution is 7.89. The molecule has 0 spiro atoms. The summed E-state index contributed by atoms with van der Waals surface area (Å²) in [4.78, 5) is 12.3. The number of amides is 1. The van der Waals surface area contributed by atoms with E-state index < -0.39 is 15.4 Å². The number of piperazine rings is 1. The Labute approximate surface area is 132 Å². The molecule has 0 aromatic heterocycles. The minimum absolute atomic E-state index is 0.0597. The number of sulfonamides is 1. The van der Waals surface area contributed by atoms with Crippen LogP contribution >= 0.6 is 0 Å². The van der Waals surface area contributed by atoms with Crippen molar-refractivity contribution in [2.75, 3.05) is 45.1 Å². The lowest BCUT2D eigenvalue weighted by molar-refractivity contribution is -0.128. The maximum absolute atomic E-state index is 12.5. The van der Waals surface area contributed by atoms with Gasteiger partial charge in [-0.05, 0) is 26.7 Å². The van der Waals surface area contributed by atoms with Crippen LogP contribution in [0.25, 0.3) is 0 Å². The minimum Gasteiger partial charge on any atom is -0.376 e. The quantitative estimate of drug-likeness (QED) is 0.687. The van der Waals surface area contributed by atoms with Crippen LogP contribution in [-0.2, 0) is 19.6 Å². The molecule has 0 saturated carbocycles. The molecule has 2 aliphatic heterocycles. The van der Waals surface area contributed by atoms with E-state index in [4.69, 9.17) is 4.74 Å². The molecule has 0 aromatic carbocycles. The van der Waals surface area contributed by atoms with Gasteiger partial charge < -0.3 is 15.4 Å². The van der Waals surface area contributed by atoms with E-state index >= 15 is 0 Å². The molecule has 7 nitrogen and oxygen atoms in total. The molecule has 128 valence electrons. The van der Waals surface area contributed by atoms with Crippen LogP contribution in [0.5, 0.6) is 0 Å². The van der Waals surface area contributed by atoms with Crippen molar-refractivity contribution >= 4 is 15.9 Å². The van der Waals surface area contributed by atoms with Crippen LogP contribution in [0.1, 0.15) is 26.7 Å². The maximum Gasteiger partial charge on any atom is 0.226 e. The fourth-order valence-corrected chi connectivity index (χ4v) is 4.75. The van der Waals surface area contributed by atoms with Gasteiger partial charge in [0.05, 0.1) is 17.3 Å². The van der Waals surface area contributed by atoms with Gasteiger partial charge in [0.15, 0.2) is 0 Å². The molecule has 2 saturated heterocycles. The van der Waals surface area contributed by atoms with Gasteiger partial charge in [0.2, 0.25) is 15.9 Å². The second-order valence-corrected chi connectivity index (χ2v) is 8.60. The molecule has 1 unspecified atom stereocenters. The molecule has 2 N–H and O–H groups in total. The van der Waals surface area contributed by atoms with Crippen molar-refractivity contribution in [2.24, 2.45) is 5.41 Å². The van der Waals surface area contributed by atoms with Crippen LogP contribution in [0.3, 0.4) is 0 Å². The highest BCUT2D eigenvalue weighted by Gasteiger charge is 2.37. The van der Waals surface area contributed by atoms with E-state index in [1.165, 1.54) is 4.31 Å². The zero-order chi connectivity index (χ0) is 16.2. The van der Waals surface area contributed by atoms with Crippen LogP contribution in [0.2, 0.25) is 0 Å². The van der Waals surface area contributed by atoms with E-state index in [0.29, 0.717) is 32.7 Å². The number of carbonyl (C=O) groups is 1. The molecule has 2 heterocycles. The van der Waals surface area contributed by atoms with Crippen molar-refractivity contribution in [1.82, 2.24) is 14.9 Å². The topological polar surface area (TPSA) is 87.7 Å². The average Bonchev–Trinajstić information content (AvgIpc) is 2.98. The fraction of sp³-hybridized carbons (Fsp3) is 0.929. The third-order valence-corrected chi connectivity index (χ3v) is 6.38. The molecule has 2 fully saturated rings. The number of hydrogen-bond donors (Lipinski definition) is 2. The van der Waals surface area contributed by atoms with Gasteiger partial charge in [0.1, 0.15) is 0 Å². The summed E-state index contributed by atoms with van der Waals surface area (Å²) in [5.74, 6) is -0.404. The molecule has 2 aliphatic rings. The van der Waals surface area contributed by atoms with Crippen molar-refractivity contribution in [3.8, 4) is 0 Å². The van der Waals surface area contributed by atoms with E-state index in [1.807, 2.05) is 0 Å². The Hall–Kier alpha value is -0.700. The third kappa shape index (κ3) is 4.65. The van der Waals surface area contributed by atoms with E-state index in [-0.39, 0.29) is 17.8 Å². The summed E-state index contributed by atoms with van der Waals surface area (Å²) in [5, 5.41) is 5.96. The summed E-state index contributed by atoms with van der Waals surface area (Å²) in [6.07, 6.45) is 2.02. The SMILES string of the molecule is CC(C)(CS(=O)(=O)N1CCNCC1)C(=O)NCC1CCCO1. The molecule has 0 radical (unpaired) electrons. The van der Waals surface area contributed by atoms with Gasteiger partial charge in [-0.3, -0.25) is 4.79 Å². The molecule has 0 bridgehead atoms. The number of ether oxygens (including phenoxy) is 1. The van der Waals surface area contributed by atoms with Crippen LogP contribution in [-0.4, -0.2) is 69.8 Å². The second-order valence-electron chi connectivity index (χ2n) is 6.63. The van der Waals surface area contributed by atoms with Gasteiger partial charge in [-0.1, -0.05) is 0 Å². The van der Waals surface area contributed by atoms with Crippen LogP contribution in [0, 0.1) is 5.41 Å². The monoisotopic (exact) mass is 333 g/mol. The van der Waals surface area contributed by atoms with E-state index in [2.05, 4.69) is 10.6 Å². The maximum atomic E-state index is 12.5. The van der Waals surface area contributed by atoms with Gasteiger partial charge >= 0.3 is 0 Å². The Morgan fingerprint density at radius 2 is 2.05 bits per heavy atom. The fourth-order valence-electron chi connectivity index (χ4n) is 2.79. The first-order valence-electron chi connectivity index (χ1n) is 7.90. The Kier molecular flexibility index (Phi) is 5.81. The predicted molar refractivity (Wildman–Crippen MR) is 84.0 cm³/mol. The minimum atomic E-state index is -3.42. The molecule has 0 aliphatic carbocycles. The third-order valence-electron chi connectivity index (χ3n) is 4.14. The lowest BCUT2D eigenvalue weighted by Crippen LogP contribution is -2.51. The number of hydrogen-bond acceptors (Lipinski definition) is 5. The largest absolute Gasteiger partial charge is 0.376 e. The summed E-state index contributed by atoms with van der Waals surface area (Å²) >= 11 is 0. The highest BCUT2D eigenvalue weighted by Crippen LogP contribution is 2.21. The number of nitrogens with one attached hydrogen (secondary N) is 2. The van der Waals surface area contributed by atoms with Crippen LogP contribution < -0.4 is 10.6 Å². The number of rotatable bonds is 6. The summed E-state index contributed by atoms with van der Waals surface area (Å²) in [5.41, 5.74) is -0.956. The van der Waals surface area contributed by atoms with Gasteiger partial charge in [-0.2, -0.15) is 4.31 Å². The van der Waals surface area contributed by atoms with Crippen molar-refractivity contribution in [3.05, 3.63) is 0 Å². The van der Waals surface area contributed by atoms with E-state index in [9.17, 15) is 13.2 Å². The molecule has 2 rings (SSSR count). The van der Waals surface area contributed by atoms with Gasteiger partial charge in [-0.15, -0.1) is 0 Å². The molecule has 1 atom stereocenters. The number of nitrogens with zero attached hydrogens (tertiary/aromatic N) is 1. The Bertz CT molecular complexity index is 480. The zero-order valence-electron chi connectivity index (χ0n) is 13.4. The van der Waals surface area contributed by atoms with Crippen molar-refractivity contribution in [2.45, 2.75) is 32.8 Å². The lowest BCUT2D eigenvalue weighted by atomic mass is 9.95. The highest BCUT2D eigenvalue weighted by atomic mass is 32.2. The summed E-state index contributed by atoms with van der Waals surface area (Å²) in [7, 11) is -3.42. The summed E-state index contributed by atoms with van der Waals surface area (Å²) < 4.78 is 31.9. The van der Waals surface area contributed by atoms with Crippen molar-refractivity contribution < 1.29 is 17.9 Å². The Morgan fingerprint density at radius 3 is 2.64 bits per heavy atom. The number of carbonyl (C=O) groups excluding carboxylic acids is 1. The zero-order valence-corrected chi connectivity index (χ0v) is 14.2. The standard InChI is InChI=1S/C14H27N3O4S/c1-14(2,13(18)16-10-12-4-3-9-21-12)11-22(19,20)17-7-5-15-6-8-17/h12,15H,3-11H2,1-2H3,(H,16,18). The smallest absolute Gasteiger partial charge is 0.226 e. The lowest BCUT2D eigenvalue weighted by Gasteiger charge is -2.31. The van der Waals surface area contributed by atoms with Gasteiger partial charge in [0, 0.05) is 39.3 Å². The van der Waals surface area contributed by atoms with Crippen LogP contribution in [0.4, 0.5) is 0 Å². The Morgan fingerprint density at radius 1 is 1.36 bits per heavy atom. The molecule has 8 heteroatoms. The first-order chi connectivity index (χ1) is 10.3. The molecule has 22 heavy (non-hydrogen) atoms. The van der Waals surface area contributed by atoms with E-state index in [1.54, 1.807) is 13.8 Å².